The number of carboxylic acids is 1. The Morgan fingerprint density at radius 1 is 1.16 bits per heavy atom. The van der Waals surface area contributed by atoms with Crippen molar-refractivity contribution in [3.05, 3.63) is 36.7 Å². The molecule has 0 saturated heterocycles. The number of imidazole rings is 1. The topological polar surface area (TPSA) is 141 Å². The molecule has 1 aromatic carbocycles. The molecule has 0 saturated carbocycles. The average Bonchev–Trinajstić information content (AvgIpc) is 3.05. The smallest absolute Gasteiger partial charge is 0.430 e. The number of carbonyl (C=O) groups is 1. The fourth-order valence-electron chi connectivity index (χ4n) is 2.53. The molecule has 0 aliphatic heterocycles. The second-order valence-electron chi connectivity index (χ2n) is 6.70. The molecular formula is C19H29F3N8O2. The summed E-state index contributed by atoms with van der Waals surface area (Å²) in [4.78, 5) is 11.0. The number of halogens is 3. The van der Waals surface area contributed by atoms with E-state index in [-0.39, 0.29) is 0 Å². The molecule has 0 amide bonds. The van der Waals surface area contributed by atoms with Crippen molar-refractivity contribution < 1.29 is 27.6 Å². The summed E-state index contributed by atoms with van der Waals surface area (Å²) in [5.74, 6) is -2.21. The molecule has 0 spiro atoms. The first-order valence-electron chi connectivity index (χ1n) is 9.75. The van der Waals surface area contributed by atoms with Crippen LogP contribution in [0.5, 0.6) is 0 Å². The summed E-state index contributed by atoms with van der Waals surface area (Å²) in [6.07, 6.45) is -1.31. The van der Waals surface area contributed by atoms with Gasteiger partial charge >= 0.3 is 12.1 Å². The van der Waals surface area contributed by atoms with Crippen LogP contribution >= 0.6 is 0 Å². The number of alkyl halides is 3. The predicted molar refractivity (Wildman–Crippen MR) is 111 cm³/mol. The molecule has 2 aromatic rings. The molecule has 5 N–H and O–H groups in total. The Morgan fingerprint density at radius 2 is 1.72 bits per heavy atom. The minimum absolute atomic E-state index is 0.651. The number of carboxylic acid groups (broad SMARTS) is 1. The van der Waals surface area contributed by atoms with Crippen molar-refractivity contribution in [3.63, 3.8) is 0 Å². The standard InChI is InChI=1S/C17H28N8.C2HF3O2/c1-23-13-14-24(2)17(23)22-21-16-5-3-15(4-6-16)20-9-12-25(10-7-18)11-8-19;3-2(4,5)1(6)7/h3-6,13-14H,7-12,18-19H2,1-2H3;(H,6,7). The van der Waals surface area contributed by atoms with Gasteiger partial charge in [0, 0.05) is 50.1 Å². The first-order chi connectivity index (χ1) is 15.1. The average molecular weight is 458 g/mol. The van der Waals surface area contributed by atoms with E-state index in [0.29, 0.717) is 13.1 Å². The number of azo groups is 1. The summed E-state index contributed by atoms with van der Waals surface area (Å²) in [7, 11) is 3.89. The Bertz CT molecular complexity index is 828. The Hall–Kier alpha value is -3.03. The van der Waals surface area contributed by atoms with Crippen molar-refractivity contribution in [2.45, 2.75) is 6.18 Å². The first kappa shape index (κ1) is 27.0. The van der Waals surface area contributed by atoms with Gasteiger partial charge in [0.15, 0.2) is 0 Å². The first-order valence-corrected chi connectivity index (χ1v) is 9.75. The van der Waals surface area contributed by atoms with Crippen LogP contribution in [0, 0.1) is 0 Å². The van der Waals surface area contributed by atoms with Crippen LogP contribution in [-0.4, -0.2) is 60.9 Å². The number of anilines is 1. The van der Waals surface area contributed by atoms with E-state index in [1.54, 1.807) is 0 Å². The Morgan fingerprint density at radius 3 is 2.16 bits per heavy atom. The van der Waals surface area contributed by atoms with E-state index in [1.807, 2.05) is 59.9 Å². The maximum Gasteiger partial charge on any atom is 0.430 e. The van der Waals surface area contributed by atoms with E-state index >= 15 is 0 Å². The van der Waals surface area contributed by atoms with Crippen LogP contribution in [0.25, 0.3) is 0 Å². The Kier molecular flexibility index (Phi) is 11.3. The molecule has 32 heavy (non-hydrogen) atoms. The second kappa shape index (κ2) is 13.4. The van der Waals surface area contributed by atoms with Gasteiger partial charge in [-0.15, -0.1) is 0 Å². The molecule has 1 heterocycles. The summed E-state index contributed by atoms with van der Waals surface area (Å²) in [5.41, 5.74) is 13.1. The number of nitrogens with zero attached hydrogens (tertiary/aromatic N) is 5. The Labute approximate surface area is 184 Å². The Balaban J connectivity index is 0.000000633. The van der Waals surface area contributed by atoms with E-state index in [2.05, 4.69) is 20.4 Å². The van der Waals surface area contributed by atoms with E-state index in [9.17, 15) is 13.2 Å². The minimum atomic E-state index is -5.19. The summed E-state index contributed by atoms with van der Waals surface area (Å²) in [6.45, 7) is 4.81. The number of nitrogens with one attached hydrogen (secondary N) is 1. The van der Waals surface area contributed by atoms with E-state index in [1.165, 1.54) is 0 Å². The van der Waals surface area contributed by atoms with Crippen LogP contribution < -0.4 is 26.5 Å². The van der Waals surface area contributed by atoms with E-state index < -0.39 is 12.1 Å². The van der Waals surface area contributed by atoms with Gasteiger partial charge in [-0.3, -0.25) is 4.90 Å². The van der Waals surface area contributed by atoms with Crippen molar-refractivity contribution >= 4 is 23.3 Å². The lowest BCUT2D eigenvalue weighted by molar-refractivity contribution is -0.657. The van der Waals surface area contributed by atoms with Crippen LogP contribution in [0.1, 0.15) is 0 Å². The quantitative estimate of drug-likeness (QED) is 0.343. The van der Waals surface area contributed by atoms with Crippen LogP contribution in [0.4, 0.5) is 30.5 Å². The maximum absolute atomic E-state index is 10.5. The third kappa shape index (κ3) is 9.85. The van der Waals surface area contributed by atoms with Gasteiger partial charge in [-0.25, -0.2) is 9.13 Å². The molecular weight excluding hydrogens is 429 g/mol. The number of hydrogen-bond donors (Lipinski definition) is 3. The summed E-state index contributed by atoms with van der Waals surface area (Å²) in [6, 6.07) is 7.92. The van der Waals surface area contributed by atoms with Crippen LogP contribution in [0.3, 0.4) is 0 Å². The highest BCUT2D eigenvalue weighted by Crippen LogP contribution is 2.18. The minimum Gasteiger partial charge on any atom is -0.542 e. The normalized spacial score (nSPS) is 11.5. The largest absolute Gasteiger partial charge is 0.542 e. The number of nitrogens with two attached hydrogens (primary N) is 2. The molecule has 0 unspecified atom stereocenters. The number of benzene rings is 1. The van der Waals surface area contributed by atoms with Gasteiger partial charge < -0.3 is 26.7 Å². The molecule has 10 nitrogen and oxygen atoms in total. The fourth-order valence-corrected chi connectivity index (χ4v) is 2.53. The van der Waals surface area contributed by atoms with Gasteiger partial charge in [0.1, 0.15) is 11.7 Å². The highest BCUT2D eigenvalue weighted by Gasteiger charge is 2.28. The third-order valence-electron chi connectivity index (χ3n) is 4.15. The SMILES string of the molecule is Cn1cc[n+](C)c1/N=N/c1ccc(NCCN(CCN)CCN)cc1.O=C([O-])C(F)(F)F. The van der Waals surface area contributed by atoms with Gasteiger partial charge in [0.25, 0.3) is 0 Å². The van der Waals surface area contributed by atoms with E-state index in [0.717, 1.165) is 43.5 Å². The van der Waals surface area contributed by atoms with Crippen molar-refractivity contribution in [2.24, 2.45) is 35.8 Å². The zero-order valence-electron chi connectivity index (χ0n) is 18.0. The van der Waals surface area contributed by atoms with Gasteiger partial charge in [0.05, 0.1) is 26.5 Å². The van der Waals surface area contributed by atoms with Crippen molar-refractivity contribution in [2.75, 3.05) is 44.6 Å². The predicted octanol–water partition coefficient (Wildman–Crippen LogP) is 0.195. The molecule has 2 rings (SSSR count). The lowest BCUT2D eigenvalue weighted by atomic mass is 10.3. The van der Waals surface area contributed by atoms with E-state index in [4.69, 9.17) is 21.4 Å². The number of rotatable bonds is 10. The molecule has 0 fully saturated rings. The lowest BCUT2D eigenvalue weighted by Gasteiger charge is -2.21. The third-order valence-corrected chi connectivity index (χ3v) is 4.15. The molecule has 0 atom stereocenters. The number of aryl methyl sites for hydroxylation is 2. The van der Waals surface area contributed by atoms with Gasteiger partial charge in [-0.2, -0.15) is 13.2 Å². The molecule has 0 radical (unpaired) electrons. The van der Waals surface area contributed by atoms with Crippen LogP contribution in [0.2, 0.25) is 0 Å². The molecule has 0 bridgehead atoms. The van der Waals surface area contributed by atoms with Crippen LogP contribution in [-0.2, 0) is 18.9 Å². The highest BCUT2D eigenvalue weighted by molar-refractivity contribution is 5.70. The number of aliphatic carboxylic acids is 1. The monoisotopic (exact) mass is 458 g/mol. The molecule has 0 aliphatic carbocycles. The van der Waals surface area contributed by atoms with Gasteiger partial charge in [-0.1, -0.05) is 5.11 Å². The van der Waals surface area contributed by atoms with Crippen molar-refractivity contribution in [3.8, 4) is 0 Å². The van der Waals surface area contributed by atoms with Crippen molar-refractivity contribution in [1.82, 2.24) is 9.47 Å². The summed E-state index contributed by atoms with van der Waals surface area (Å²) < 4.78 is 35.4. The molecule has 1 aromatic heterocycles. The molecule has 0 aliphatic rings. The number of aromatic nitrogens is 2. The lowest BCUT2D eigenvalue weighted by Crippen LogP contribution is -2.37. The zero-order chi connectivity index (χ0) is 24.1. The molecule has 13 heteroatoms. The van der Waals surface area contributed by atoms with Crippen LogP contribution in [0.15, 0.2) is 46.9 Å². The second-order valence-corrected chi connectivity index (χ2v) is 6.70. The molecule has 178 valence electrons. The highest BCUT2D eigenvalue weighted by atomic mass is 19.4. The number of carbonyl (C=O) groups excluding carboxylic acids is 1. The van der Waals surface area contributed by atoms with Crippen molar-refractivity contribution in [1.29, 1.82) is 0 Å². The van der Waals surface area contributed by atoms with Gasteiger partial charge in [0.2, 0.25) is 0 Å². The summed E-state index contributed by atoms with van der Waals surface area (Å²) in [5, 5.41) is 20.8. The maximum atomic E-state index is 10.5. The number of hydrogen-bond acceptors (Lipinski definition) is 8. The fraction of sp³-hybridized carbons (Fsp3) is 0.474. The summed E-state index contributed by atoms with van der Waals surface area (Å²) >= 11 is 0. The zero-order valence-corrected chi connectivity index (χ0v) is 18.0. The van der Waals surface area contributed by atoms with Gasteiger partial charge in [-0.05, 0) is 24.3 Å².